The molecule has 0 saturated carbocycles. The summed E-state index contributed by atoms with van der Waals surface area (Å²) in [5, 5.41) is 14.9. The van der Waals surface area contributed by atoms with Crippen LogP contribution in [-0.4, -0.2) is 36.6 Å². The number of nitrogens with one attached hydrogen (secondary N) is 2. The first-order chi connectivity index (χ1) is 13.1. The molecular weight excluding hydrogens is 412 g/mol. The zero-order valence-corrected chi connectivity index (χ0v) is 16.5. The van der Waals surface area contributed by atoms with Crippen molar-refractivity contribution >= 4 is 27.7 Å². The molecule has 0 aliphatic heterocycles. The minimum atomic E-state index is -0.249. The molecule has 27 heavy (non-hydrogen) atoms. The largest absolute Gasteiger partial charge is 0.508 e. The van der Waals surface area contributed by atoms with Gasteiger partial charge in [0.05, 0.1) is 11.1 Å². The number of phenolic OH excluding ortho intramolecular Hbond substituents is 1. The zero-order chi connectivity index (χ0) is 19.5. The van der Waals surface area contributed by atoms with Crippen LogP contribution in [0.1, 0.15) is 29.6 Å². The summed E-state index contributed by atoms with van der Waals surface area (Å²) >= 11 is 3.41. The Morgan fingerprint density at radius 3 is 2.56 bits per heavy atom. The number of halogens is 1. The van der Waals surface area contributed by atoms with Crippen molar-refractivity contribution in [2.75, 3.05) is 19.7 Å². The van der Waals surface area contributed by atoms with E-state index in [1.165, 1.54) is 12.1 Å². The Labute approximate surface area is 167 Å². The molecule has 3 N–H and O–H groups in total. The second kappa shape index (κ2) is 11.2. The van der Waals surface area contributed by atoms with Gasteiger partial charge < -0.3 is 20.5 Å². The maximum Gasteiger partial charge on any atom is 0.251 e. The van der Waals surface area contributed by atoms with Crippen molar-refractivity contribution in [2.24, 2.45) is 0 Å². The Kier molecular flexibility index (Phi) is 8.64. The number of amides is 2. The third-order valence-corrected chi connectivity index (χ3v) is 4.37. The summed E-state index contributed by atoms with van der Waals surface area (Å²) in [6.45, 7) is 1.40. The topological polar surface area (TPSA) is 87.7 Å². The van der Waals surface area contributed by atoms with Crippen molar-refractivity contribution in [1.29, 1.82) is 0 Å². The predicted molar refractivity (Wildman–Crippen MR) is 107 cm³/mol. The van der Waals surface area contributed by atoms with Gasteiger partial charge in [-0.15, -0.1) is 0 Å². The van der Waals surface area contributed by atoms with Crippen LogP contribution in [0.5, 0.6) is 11.5 Å². The molecule has 0 spiro atoms. The molecule has 0 unspecified atom stereocenters. The molecule has 6 nitrogen and oxygen atoms in total. The van der Waals surface area contributed by atoms with Crippen LogP contribution in [0, 0.1) is 0 Å². The average Bonchev–Trinajstić information content (AvgIpc) is 2.66. The van der Waals surface area contributed by atoms with E-state index >= 15 is 0 Å². The Morgan fingerprint density at radius 2 is 1.78 bits per heavy atom. The van der Waals surface area contributed by atoms with Crippen LogP contribution in [0.25, 0.3) is 0 Å². The summed E-state index contributed by atoms with van der Waals surface area (Å²) in [4.78, 5) is 23.7. The number of ether oxygens (including phenoxy) is 1. The van der Waals surface area contributed by atoms with Crippen LogP contribution in [0.2, 0.25) is 0 Å². The number of hydrogen-bond donors (Lipinski definition) is 3. The molecule has 0 saturated heterocycles. The molecule has 0 bridgehead atoms. The van der Waals surface area contributed by atoms with Crippen LogP contribution in [0.4, 0.5) is 0 Å². The van der Waals surface area contributed by atoms with Crippen molar-refractivity contribution < 1.29 is 19.4 Å². The monoisotopic (exact) mass is 434 g/mol. The summed E-state index contributed by atoms with van der Waals surface area (Å²) < 4.78 is 6.51. The molecule has 7 heteroatoms. The maximum atomic E-state index is 11.9. The molecule has 0 radical (unpaired) electrons. The number of phenols is 1. The van der Waals surface area contributed by atoms with E-state index in [9.17, 15) is 14.7 Å². The van der Waals surface area contributed by atoms with E-state index in [0.717, 1.165) is 10.2 Å². The molecular formula is C20H23BrN2O4. The second-order valence-electron chi connectivity index (χ2n) is 5.89. The summed E-state index contributed by atoms with van der Waals surface area (Å²) in [5.41, 5.74) is 0.407. The van der Waals surface area contributed by atoms with Gasteiger partial charge in [0.15, 0.2) is 0 Å². The molecule has 144 valence electrons. The Balaban J connectivity index is 1.52. The van der Waals surface area contributed by atoms with E-state index in [1.54, 1.807) is 12.1 Å². The highest BCUT2D eigenvalue weighted by atomic mass is 79.9. The normalized spacial score (nSPS) is 10.3. The molecule has 0 atom stereocenters. The first-order valence-electron chi connectivity index (χ1n) is 8.77. The summed E-state index contributed by atoms with van der Waals surface area (Å²) in [5.74, 6) is 0.533. The van der Waals surface area contributed by atoms with E-state index in [-0.39, 0.29) is 17.6 Å². The van der Waals surface area contributed by atoms with Crippen LogP contribution < -0.4 is 15.4 Å². The average molecular weight is 435 g/mol. The Morgan fingerprint density at radius 1 is 1.00 bits per heavy atom. The standard InChI is InChI=1S/C20H23BrN2O4/c21-17-8-1-2-9-18(17)27-13-4-10-19(25)22-11-5-12-23-20(26)15-6-3-7-16(24)14-15/h1-3,6-9,14,24H,4-5,10-13H2,(H,22,25)(H,23,26). The third kappa shape index (κ3) is 7.70. The van der Waals surface area contributed by atoms with E-state index in [4.69, 9.17) is 4.74 Å². The van der Waals surface area contributed by atoms with E-state index < -0.39 is 0 Å². The van der Waals surface area contributed by atoms with Crippen LogP contribution >= 0.6 is 15.9 Å². The Bertz CT molecular complexity index is 767. The van der Waals surface area contributed by atoms with Crippen molar-refractivity contribution in [3.05, 3.63) is 58.6 Å². The highest BCUT2D eigenvalue weighted by Crippen LogP contribution is 2.23. The van der Waals surface area contributed by atoms with Gasteiger partial charge in [0.1, 0.15) is 11.5 Å². The number of para-hydroxylation sites is 1. The molecule has 0 aliphatic carbocycles. The van der Waals surface area contributed by atoms with Crippen molar-refractivity contribution in [2.45, 2.75) is 19.3 Å². The number of carbonyl (C=O) groups is 2. The lowest BCUT2D eigenvalue weighted by Crippen LogP contribution is -2.29. The predicted octanol–water partition coefficient (Wildman–Crippen LogP) is 3.25. The molecule has 2 aromatic carbocycles. The Hall–Kier alpha value is -2.54. The van der Waals surface area contributed by atoms with Gasteiger partial charge in [-0.25, -0.2) is 0 Å². The van der Waals surface area contributed by atoms with Gasteiger partial charge in [0.25, 0.3) is 5.91 Å². The number of carbonyl (C=O) groups excluding carboxylic acids is 2. The number of benzene rings is 2. The van der Waals surface area contributed by atoms with Gasteiger partial charge in [-0.1, -0.05) is 18.2 Å². The van der Waals surface area contributed by atoms with E-state index in [0.29, 0.717) is 44.5 Å². The molecule has 0 fully saturated rings. The van der Waals surface area contributed by atoms with E-state index in [1.807, 2.05) is 24.3 Å². The fourth-order valence-corrected chi connectivity index (χ4v) is 2.73. The molecule has 2 rings (SSSR count). The minimum Gasteiger partial charge on any atom is -0.508 e. The first kappa shape index (κ1) is 20.8. The molecule has 2 aromatic rings. The summed E-state index contributed by atoms with van der Waals surface area (Å²) in [6, 6.07) is 13.7. The lowest BCUT2D eigenvalue weighted by atomic mass is 10.2. The van der Waals surface area contributed by atoms with Crippen LogP contribution in [0.15, 0.2) is 53.0 Å². The zero-order valence-electron chi connectivity index (χ0n) is 14.9. The number of hydrogen-bond acceptors (Lipinski definition) is 4. The fraction of sp³-hybridized carbons (Fsp3) is 0.300. The molecule has 0 heterocycles. The van der Waals surface area contributed by atoms with Gasteiger partial charge >= 0.3 is 0 Å². The quantitative estimate of drug-likeness (QED) is 0.500. The highest BCUT2D eigenvalue weighted by Gasteiger charge is 2.06. The lowest BCUT2D eigenvalue weighted by molar-refractivity contribution is -0.121. The molecule has 0 aromatic heterocycles. The van der Waals surface area contributed by atoms with Gasteiger partial charge in [0, 0.05) is 25.1 Å². The van der Waals surface area contributed by atoms with Crippen LogP contribution in [-0.2, 0) is 4.79 Å². The fourth-order valence-electron chi connectivity index (χ4n) is 2.33. The smallest absolute Gasteiger partial charge is 0.251 e. The molecule has 2 amide bonds. The van der Waals surface area contributed by atoms with Gasteiger partial charge in [-0.2, -0.15) is 0 Å². The van der Waals surface area contributed by atoms with E-state index in [2.05, 4.69) is 26.6 Å². The highest BCUT2D eigenvalue weighted by molar-refractivity contribution is 9.10. The third-order valence-electron chi connectivity index (χ3n) is 3.71. The van der Waals surface area contributed by atoms with Gasteiger partial charge in [-0.3, -0.25) is 9.59 Å². The first-order valence-corrected chi connectivity index (χ1v) is 9.57. The van der Waals surface area contributed by atoms with Crippen molar-refractivity contribution in [3.8, 4) is 11.5 Å². The maximum absolute atomic E-state index is 11.9. The number of aromatic hydroxyl groups is 1. The molecule has 0 aliphatic rings. The second-order valence-corrected chi connectivity index (χ2v) is 6.75. The van der Waals surface area contributed by atoms with Gasteiger partial charge in [-0.05, 0) is 59.1 Å². The van der Waals surface area contributed by atoms with Crippen LogP contribution in [0.3, 0.4) is 0 Å². The summed E-state index contributed by atoms with van der Waals surface area (Å²) in [6.07, 6.45) is 1.64. The van der Waals surface area contributed by atoms with Crippen molar-refractivity contribution in [1.82, 2.24) is 10.6 Å². The summed E-state index contributed by atoms with van der Waals surface area (Å²) in [7, 11) is 0. The van der Waals surface area contributed by atoms with Crippen molar-refractivity contribution in [3.63, 3.8) is 0 Å². The van der Waals surface area contributed by atoms with Gasteiger partial charge in [0.2, 0.25) is 5.91 Å². The minimum absolute atomic E-state index is 0.0370. The SMILES string of the molecule is O=C(CCCOc1ccccc1Br)NCCCNC(=O)c1cccc(O)c1. The lowest BCUT2D eigenvalue weighted by Gasteiger charge is -2.09. The number of rotatable bonds is 10.